The third-order valence-electron chi connectivity index (χ3n) is 4.27. The lowest BCUT2D eigenvalue weighted by molar-refractivity contribution is -0.125. The number of hydrogen-bond acceptors (Lipinski definition) is 4. The second kappa shape index (κ2) is 6.61. The Morgan fingerprint density at radius 2 is 2.38 bits per heavy atom. The lowest BCUT2D eigenvalue weighted by Crippen LogP contribution is -2.53. The monoisotopic (exact) mass is 303 g/mol. The number of rotatable bonds is 2. The molecule has 1 aromatic rings. The maximum absolute atomic E-state index is 11.4. The van der Waals surface area contributed by atoms with Crippen LogP contribution in [0.1, 0.15) is 29.7 Å². The van der Waals surface area contributed by atoms with Crippen molar-refractivity contribution < 1.29 is 4.79 Å². The largest absolute Gasteiger partial charge is 0.353 e. The fraction of sp³-hybridized carbons (Fsp3) is 0.562. The normalized spacial score (nSPS) is 25.7. The Labute approximate surface area is 129 Å². The number of hydrogen-bond donors (Lipinski definition) is 2. The molecule has 3 heterocycles. The van der Waals surface area contributed by atoms with E-state index in [-0.39, 0.29) is 5.91 Å². The fourth-order valence-corrected chi connectivity index (χ4v) is 4.09. The third kappa shape index (κ3) is 3.65. The van der Waals surface area contributed by atoms with Gasteiger partial charge >= 0.3 is 0 Å². The van der Waals surface area contributed by atoms with Crippen LogP contribution in [0.4, 0.5) is 0 Å². The van der Waals surface area contributed by atoms with E-state index in [1.807, 2.05) is 0 Å². The van der Waals surface area contributed by atoms with Crippen molar-refractivity contribution in [3.05, 3.63) is 21.9 Å². The first kappa shape index (κ1) is 14.6. The van der Waals surface area contributed by atoms with Crippen molar-refractivity contribution in [1.82, 2.24) is 10.2 Å². The van der Waals surface area contributed by atoms with Crippen LogP contribution in [0.2, 0.25) is 0 Å². The van der Waals surface area contributed by atoms with E-state index >= 15 is 0 Å². The Bertz CT molecular complexity index is 572. The highest BCUT2D eigenvalue weighted by Crippen LogP contribution is 2.27. The predicted molar refractivity (Wildman–Crippen MR) is 84.8 cm³/mol. The number of nitrogens with zero attached hydrogens (tertiary/aromatic N) is 1. The molecule has 1 aromatic heterocycles. The molecule has 3 rings (SSSR count). The van der Waals surface area contributed by atoms with Gasteiger partial charge in [-0.1, -0.05) is 11.8 Å². The Balaban J connectivity index is 1.56. The highest BCUT2D eigenvalue weighted by Gasteiger charge is 2.33. The molecule has 21 heavy (non-hydrogen) atoms. The number of piperidine rings is 2. The summed E-state index contributed by atoms with van der Waals surface area (Å²) in [6.45, 7) is 3.55. The number of carbonyl (C=O) groups excluding carboxylic acids is 1. The summed E-state index contributed by atoms with van der Waals surface area (Å²) in [5.41, 5.74) is 6.47. The molecule has 0 spiro atoms. The maximum Gasteiger partial charge on any atom is 0.220 e. The molecule has 0 aliphatic carbocycles. The molecule has 1 amide bonds. The van der Waals surface area contributed by atoms with Crippen molar-refractivity contribution in [2.24, 2.45) is 11.7 Å². The summed E-state index contributed by atoms with van der Waals surface area (Å²) in [6, 6.07) is 2.57. The van der Waals surface area contributed by atoms with Gasteiger partial charge in [-0.15, -0.1) is 11.3 Å². The van der Waals surface area contributed by atoms with Gasteiger partial charge in [-0.25, -0.2) is 0 Å². The maximum atomic E-state index is 11.4. The third-order valence-corrected chi connectivity index (χ3v) is 5.20. The van der Waals surface area contributed by atoms with Crippen LogP contribution in [0, 0.1) is 17.8 Å². The first-order chi connectivity index (χ1) is 10.2. The zero-order chi connectivity index (χ0) is 14.7. The molecule has 0 aromatic carbocycles. The van der Waals surface area contributed by atoms with Crippen molar-refractivity contribution in [1.29, 1.82) is 0 Å². The second-order valence-corrected chi connectivity index (χ2v) is 6.80. The molecule has 0 saturated carbocycles. The van der Waals surface area contributed by atoms with Gasteiger partial charge in [-0.2, -0.15) is 0 Å². The summed E-state index contributed by atoms with van der Waals surface area (Å²) >= 11 is 1.77. The summed E-state index contributed by atoms with van der Waals surface area (Å²) in [4.78, 5) is 15.3. The summed E-state index contributed by atoms with van der Waals surface area (Å²) < 4.78 is 0. The van der Waals surface area contributed by atoms with Gasteiger partial charge in [-0.05, 0) is 24.8 Å². The highest BCUT2D eigenvalue weighted by atomic mass is 32.1. The van der Waals surface area contributed by atoms with Crippen molar-refractivity contribution >= 4 is 17.2 Å². The fourth-order valence-electron chi connectivity index (χ4n) is 3.23. The lowest BCUT2D eigenvalue weighted by Gasteiger charge is -2.41. The van der Waals surface area contributed by atoms with Gasteiger partial charge in [0.05, 0.1) is 6.54 Å². The minimum absolute atomic E-state index is 0.228. The number of likely N-dealkylation sites (tertiary alicyclic amines) is 1. The molecule has 2 fully saturated rings. The number of nitrogens with one attached hydrogen (secondary N) is 1. The van der Waals surface area contributed by atoms with E-state index in [1.54, 1.807) is 11.3 Å². The zero-order valence-corrected chi connectivity index (χ0v) is 12.9. The quantitative estimate of drug-likeness (QED) is 0.806. The summed E-state index contributed by atoms with van der Waals surface area (Å²) in [6.07, 6.45) is 2.79. The minimum Gasteiger partial charge on any atom is -0.353 e. The van der Waals surface area contributed by atoms with Gasteiger partial charge in [0.2, 0.25) is 5.91 Å². The molecule has 112 valence electrons. The molecule has 4 nitrogen and oxygen atoms in total. The van der Waals surface area contributed by atoms with Crippen molar-refractivity contribution in [3.8, 4) is 11.8 Å². The predicted octanol–water partition coefficient (Wildman–Crippen LogP) is 1.16. The molecular formula is C16H21N3OS. The van der Waals surface area contributed by atoms with Crippen LogP contribution in [0.15, 0.2) is 11.4 Å². The van der Waals surface area contributed by atoms with Crippen LogP contribution >= 0.6 is 11.3 Å². The topological polar surface area (TPSA) is 58.4 Å². The van der Waals surface area contributed by atoms with Gasteiger partial charge in [0.1, 0.15) is 0 Å². The van der Waals surface area contributed by atoms with Gasteiger partial charge in [0.15, 0.2) is 0 Å². The Kier molecular flexibility index (Phi) is 4.59. The van der Waals surface area contributed by atoms with Gasteiger partial charge < -0.3 is 11.1 Å². The van der Waals surface area contributed by atoms with Crippen LogP contribution < -0.4 is 11.1 Å². The number of carbonyl (C=O) groups is 1. The second-order valence-electron chi connectivity index (χ2n) is 5.80. The van der Waals surface area contributed by atoms with E-state index < -0.39 is 0 Å². The average Bonchev–Trinajstić information content (AvgIpc) is 2.93. The van der Waals surface area contributed by atoms with Crippen LogP contribution in [0.3, 0.4) is 0 Å². The number of amides is 1. The van der Waals surface area contributed by atoms with Gasteiger partial charge in [-0.3, -0.25) is 9.69 Å². The van der Waals surface area contributed by atoms with Gasteiger partial charge in [0, 0.05) is 47.9 Å². The zero-order valence-electron chi connectivity index (χ0n) is 12.1. The van der Waals surface area contributed by atoms with Crippen LogP contribution in [-0.2, 0) is 11.3 Å². The molecule has 2 atom stereocenters. The number of fused-ring (bicyclic) bond motifs is 1. The molecule has 3 N–H and O–H groups in total. The Morgan fingerprint density at radius 3 is 3.24 bits per heavy atom. The van der Waals surface area contributed by atoms with E-state index in [2.05, 4.69) is 33.5 Å². The molecule has 2 aliphatic heterocycles. The molecule has 2 aliphatic rings. The van der Waals surface area contributed by atoms with E-state index in [0.29, 0.717) is 24.9 Å². The van der Waals surface area contributed by atoms with E-state index in [4.69, 9.17) is 5.73 Å². The standard InChI is InChI=1S/C16H21N3OS/c17-6-1-2-12-8-14(21-11-12)10-19-7-5-15-13(9-19)3-4-16(20)18-15/h8,11,13,15H,3-7,9-10,17H2,(H,18,20). The molecule has 2 saturated heterocycles. The van der Waals surface area contributed by atoms with E-state index in [1.165, 1.54) is 4.88 Å². The Morgan fingerprint density at radius 1 is 1.48 bits per heavy atom. The highest BCUT2D eigenvalue weighted by molar-refractivity contribution is 7.10. The van der Waals surface area contributed by atoms with E-state index in [9.17, 15) is 4.79 Å². The smallest absolute Gasteiger partial charge is 0.220 e. The summed E-state index contributed by atoms with van der Waals surface area (Å²) in [5.74, 6) is 6.82. The van der Waals surface area contributed by atoms with Crippen LogP contribution in [-0.4, -0.2) is 36.5 Å². The van der Waals surface area contributed by atoms with Crippen molar-refractivity contribution in [3.63, 3.8) is 0 Å². The van der Waals surface area contributed by atoms with Crippen molar-refractivity contribution in [2.75, 3.05) is 19.6 Å². The first-order valence-corrected chi connectivity index (χ1v) is 8.40. The average molecular weight is 303 g/mol. The summed E-state index contributed by atoms with van der Waals surface area (Å²) in [5, 5.41) is 5.24. The van der Waals surface area contributed by atoms with Gasteiger partial charge in [0.25, 0.3) is 0 Å². The number of nitrogens with two attached hydrogens (primary N) is 1. The van der Waals surface area contributed by atoms with E-state index in [0.717, 1.165) is 38.0 Å². The van der Waals surface area contributed by atoms with Crippen LogP contribution in [0.25, 0.3) is 0 Å². The summed E-state index contributed by atoms with van der Waals surface area (Å²) in [7, 11) is 0. The van der Waals surface area contributed by atoms with Crippen molar-refractivity contribution in [2.45, 2.75) is 31.8 Å². The molecule has 5 heteroatoms. The SMILES string of the molecule is NCC#Cc1csc(CN2CCC3NC(=O)CCC3C2)c1. The molecule has 0 bridgehead atoms. The Hall–Kier alpha value is -1.35. The molecule has 2 unspecified atom stereocenters. The lowest BCUT2D eigenvalue weighted by atomic mass is 9.85. The number of thiophene rings is 1. The molecule has 0 radical (unpaired) electrons. The van der Waals surface area contributed by atoms with Crippen LogP contribution in [0.5, 0.6) is 0 Å². The first-order valence-electron chi connectivity index (χ1n) is 7.52. The minimum atomic E-state index is 0.228. The molecular weight excluding hydrogens is 282 g/mol.